The van der Waals surface area contributed by atoms with Crippen molar-refractivity contribution in [3.8, 4) is 5.75 Å². The number of ether oxygens (including phenoxy) is 1. The Labute approximate surface area is 153 Å². The smallest absolute Gasteiger partial charge is 0.179 e. The summed E-state index contributed by atoms with van der Waals surface area (Å²) in [4.78, 5) is 0. The summed E-state index contributed by atoms with van der Waals surface area (Å²) in [5.41, 5.74) is 3.53. The first kappa shape index (κ1) is 18.3. The Morgan fingerprint density at radius 1 is 1.23 bits per heavy atom. The largest absolute Gasteiger partial charge is 0.497 e. The van der Waals surface area contributed by atoms with Crippen LogP contribution in [0.1, 0.15) is 37.1 Å². The number of aromatic nitrogens is 4. The molecule has 0 bridgehead atoms. The van der Waals surface area contributed by atoms with Crippen LogP contribution >= 0.6 is 0 Å². The Bertz CT molecular complexity index is 875. The fourth-order valence-corrected chi connectivity index (χ4v) is 2.93. The second kappa shape index (κ2) is 7.80. The van der Waals surface area contributed by atoms with E-state index in [1.807, 2.05) is 24.3 Å². The van der Waals surface area contributed by atoms with E-state index in [-0.39, 0.29) is 12.1 Å². The van der Waals surface area contributed by atoms with E-state index >= 15 is 0 Å². The zero-order chi connectivity index (χ0) is 18.6. The predicted molar refractivity (Wildman–Crippen MR) is 98.9 cm³/mol. The first-order valence-electron chi connectivity index (χ1n) is 8.70. The number of aliphatic hydroxyl groups is 1. The predicted octanol–water partition coefficient (Wildman–Crippen LogP) is 2.13. The number of benzene rings is 1. The number of fused-ring (bicyclic) bond motifs is 1. The fraction of sp³-hybridized carbons (Fsp3) is 0.421. The third kappa shape index (κ3) is 4.17. The maximum atomic E-state index is 9.62. The van der Waals surface area contributed by atoms with E-state index in [2.05, 4.69) is 46.8 Å². The van der Waals surface area contributed by atoms with Crippen molar-refractivity contribution in [2.45, 2.75) is 45.4 Å². The van der Waals surface area contributed by atoms with Crippen molar-refractivity contribution in [2.75, 3.05) is 7.11 Å². The molecule has 7 heteroatoms. The molecule has 138 valence electrons. The monoisotopic (exact) mass is 355 g/mol. The van der Waals surface area contributed by atoms with Crippen molar-refractivity contribution in [3.63, 3.8) is 0 Å². The number of hydrogen-bond donors (Lipinski definition) is 2. The molecule has 0 spiro atoms. The minimum atomic E-state index is -0.0913. The second-order valence-corrected chi connectivity index (χ2v) is 7.00. The summed E-state index contributed by atoms with van der Waals surface area (Å²) in [6.07, 6.45) is 1.90. The first-order valence-corrected chi connectivity index (χ1v) is 8.70. The van der Waals surface area contributed by atoms with Gasteiger partial charge in [0.1, 0.15) is 5.75 Å². The SMILES string of the molecule is COc1cccc(CCC(C)(C)NCc2c(CO)ccc3nnnn23)c1. The maximum absolute atomic E-state index is 9.62. The molecule has 3 aromatic rings. The van der Waals surface area contributed by atoms with E-state index in [4.69, 9.17) is 4.74 Å². The molecule has 0 saturated heterocycles. The van der Waals surface area contributed by atoms with E-state index < -0.39 is 0 Å². The van der Waals surface area contributed by atoms with Crippen LogP contribution in [0.25, 0.3) is 5.65 Å². The highest BCUT2D eigenvalue weighted by atomic mass is 16.5. The molecule has 26 heavy (non-hydrogen) atoms. The van der Waals surface area contributed by atoms with Crippen molar-refractivity contribution in [1.82, 2.24) is 25.4 Å². The van der Waals surface area contributed by atoms with Crippen molar-refractivity contribution >= 4 is 5.65 Å². The summed E-state index contributed by atoms with van der Waals surface area (Å²) < 4.78 is 6.97. The van der Waals surface area contributed by atoms with Crippen molar-refractivity contribution < 1.29 is 9.84 Å². The molecule has 1 aromatic carbocycles. The molecule has 3 rings (SSSR count). The number of rotatable bonds is 8. The van der Waals surface area contributed by atoms with Gasteiger partial charge in [-0.05, 0) is 60.9 Å². The lowest BCUT2D eigenvalue weighted by Crippen LogP contribution is -2.39. The van der Waals surface area contributed by atoms with Gasteiger partial charge in [0.15, 0.2) is 5.65 Å². The first-order chi connectivity index (χ1) is 12.5. The average molecular weight is 355 g/mol. The molecule has 7 nitrogen and oxygen atoms in total. The number of aryl methyl sites for hydroxylation is 1. The highest BCUT2D eigenvalue weighted by Crippen LogP contribution is 2.19. The molecule has 2 N–H and O–H groups in total. The minimum absolute atomic E-state index is 0.0446. The Kier molecular flexibility index (Phi) is 5.49. The van der Waals surface area contributed by atoms with E-state index in [9.17, 15) is 5.11 Å². The molecule has 0 amide bonds. The van der Waals surface area contributed by atoms with Gasteiger partial charge in [-0.3, -0.25) is 0 Å². The molecule has 0 aliphatic heterocycles. The number of hydrogen-bond acceptors (Lipinski definition) is 6. The Morgan fingerprint density at radius 3 is 2.85 bits per heavy atom. The van der Waals surface area contributed by atoms with Gasteiger partial charge in [0.05, 0.1) is 19.4 Å². The van der Waals surface area contributed by atoms with E-state index in [1.165, 1.54) is 5.56 Å². The fourth-order valence-electron chi connectivity index (χ4n) is 2.93. The Hall–Kier alpha value is -2.51. The summed E-state index contributed by atoms with van der Waals surface area (Å²) in [7, 11) is 1.68. The van der Waals surface area contributed by atoms with E-state index in [1.54, 1.807) is 11.6 Å². The number of nitrogens with one attached hydrogen (secondary N) is 1. The lowest BCUT2D eigenvalue weighted by atomic mass is 9.95. The molecule has 0 atom stereocenters. The molecular weight excluding hydrogens is 330 g/mol. The van der Waals surface area contributed by atoms with Gasteiger partial charge in [-0.1, -0.05) is 18.2 Å². The molecular formula is C19H25N5O2. The summed E-state index contributed by atoms with van der Waals surface area (Å²) in [6.45, 7) is 4.87. The number of aliphatic hydroxyl groups excluding tert-OH is 1. The van der Waals surface area contributed by atoms with Crippen LogP contribution in [0, 0.1) is 0 Å². The molecule has 0 aliphatic rings. The molecule has 0 saturated carbocycles. The van der Waals surface area contributed by atoms with Crippen molar-refractivity contribution in [1.29, 1.82) is 0 Å². The van der Waals surface area contributed by atoms with Gasteiger partial charge in [0, 0.05) is 17.6 Å². The Balaban J connectivity index is 1.67. The van der Waals surface area contributed by atoms with Gasteiger partial charge in [0.25, 0.3) is 0 Å². The van der Waals surface area contributed by atoms with Gasteiger partial charge < -0.3 is 15.2 Å². The third-order valence-electron chi connectivity index (χ3n) is 4.63. The summed E-state index contributed by atoms with van der Waals surface area (Å²) in [6, 6.07) is 11.8. The van der Waals surface area contributed by atoms with Gasteiger partial charge >= 0.3 is 0 Å². The Morgan fingerprint density at radius 2 is 2.08 bits per heavy atom. The van der Waals surface area contributed by atoms with E-state index in [0.29, 0.717) is 12.2 Å². The number of tetrazole rings is 1. The third-order valence-corrected chi connectivity index (χ3v) is 4.63. The average Bonchev–Trinajstić information content (AvgIpc) is 3.13. The molecule has 2 heterocycles. The van der Waals surface area contributed by atoms with Crippen LogP contribution in [0.2, 0.25) is 0 Å². The number of nitrogens with zero attached hydrogens (tertiary/aromatic N) is 4. The molecule has 0 radical (unpaired) electrons. The molecule has 0 fully saturated rings. The van der Waals surface area contributed by atoms with Crippen LogP contribution in [0.5, 0.6) is 5.75 Å². The van der Waals surface area contributed by atoms with Crippen LogP contribution in [-0.2, 0) is 19.6 Å². The second-order valence-electron chi connectivity index (χ2n) is 7.00. The van der Waals surface area contributed by atoms with Gasteiger partial charge in [-0.2, -0.15) is 4.52 Å². The van der Waals surface area contributed by atoms with Crippen molar-refractivity contribution in [2.24, 2.45) is 0 Å². The lowest BCUT2D eigenvalue weighted by molar-refractivity contribution is 0.277. The normalized spacial score (nSPS) is 11.8. The van der Waals surface area contributed by atoms with Crippen LogP contribution in [0.3, 0.4) is 0 Å². The lowest BCUT2D eigenvalue weighted by Gasteiger charge is -2.27. The maximum Gasteiger partial charge on any atom is 0.179 e. The minimum Gasteiger partial charge on any atom is -0.497 e. The summed E-state index contributed by atoms with van der Waals surface area (Å²) in [5, 5.41) is 24.9. The standard InChI is InChI=1S/C19H25N5O2/c1-19(2,10-9-14-5-4-6-16(11-14)26-3)20-12-17-15(13-25)7-8-18-21-22-23-24(17)18/h4-8,11,20,25H,9-10,12-13H2,1-3H3. The molecule has 0 unspecified atom stereocenters. The zero-order valence-electron chi connectivity index (χ0n) is 15.4. The van der Waals surface area contributed by atoms with Crippen molar-refractivity contribution in [3.05, 3.63) is 53.2 Å². The highest BCUT2D eigenvalue weighted by Gasteiger charge is 2.19. The highest BCUT2D eigenvalue weighted by molar-refractivity contribution is 5.40. The number of pyridine rings is 1. The summed E-state index contributed by atoms with van der Waals surface area (Å²) >= 11 is 0. The van der Waals surface area contributed by atoms with E-state index in [0.717, 1.165) is 29.8 Å². The van der Waals surface area contributed by atoms with Crippen LogP contribution in [0.15, 0.2) is 36.4 Å². The quantitative estimate of drug-likeness (QED) is 0.644. The van der Waals surface area contributed by atoms with Gasteiger partial charge in [0.2, 0.25) is 0 Å². The molecule has 0 aliphatic carbocycles. The number of methoxy groups -OCH3 is 1. The van der Waals surface area contributed by atoms with Crippen LogP contribution in [-0.4, -0.2) is 37.8 Å². The van der Waals surface area contributed by atoms with Gasteiger partial charge in [-0.15, -0.1) is 5.10 Å². The van der Waals surface area contributed by atoms with Crippen LogP contribution in [0.4, 0.5) is 0 Å². The summed E-state index contributed by atoms with van der Waals surface area (Å²) in [5.74, 6) is 0.881. The zero-order valence-corrected chi connectivity index (χ0v) is 15.4. The topological polar surface area (TPSA) is 84.6 Å². The van der Waals surface area contributed by atoms with Gasteiger partial charge in [-0.25, -0.2) is 0 Å². The van der Waals surface area contributed by atoms with Crippen LogP contribution < -0.4 is 10.1 Å². The molecule has 2 aromatic heterocycles.